The minimum atomic E-state index is 0.707. The molecule has 1 saturated heterocycles. The van der Waals surface area contributed by atoms with Crippen LogP contribution in [-0.4, -0.2) is 43.2 Å². The van der Waals surface area contributed by atoms with Crippen molar-refractivity contribution in [2.24, 2.45) is 11.7 Å². The third-order valence-corrected chi connectivity index (χ3v) is 4.71. The highest BCUT2D eigenvalue weighted by Crippen LogP contribution is 2.23. The van der Waals surface area contributed by atoms with Crippen molar-refractivity contribution >= 4 is 0 Å². The summed E-state index contributed by atoms with van der Waals surface area (Å²) in [7, 11) is 0. The molecular weight excluding hydrogens is 222 g/mol. The van der Waals surface area contributed by atoms with Gasteiger partial charge in [0.05, 0.1) is 0 Å². The zero-order chi connectivity index (χ0) is 12.8. The monoisotopic (exact) mass is 253 g/mol. The highest BCUT2D eigenvalue weighted by Gasteiger charge is 2.27. The van der Waals surface area contributed by atoms with E-state index in [0.29, 0.717) is 6.04 Å². The van der Waals surface area contributed by atoms with Crippen LogP contribution in [0.4, 0.5) is 0 Å². The summed E-state index contributed by atoms with van der Waals surface area (Å²) >= 11 is 0. The van der Waals surface area contributed by atoms with E-state index in [9.17, 15) is 0 Å². The molecule has 0 spiro atoms. The Bertz CT molecular complexity index is 226. The van der Waals surface area contributed by atoms with Gasteiger partial charge in [0.2, 0.25) is 0 Å². The number of likely N-dealkylation sites (tertiary alicyclic amines) is 1. The highest BCUT2D eigenvalue weighted by atomic mass is 15.2. The SMILES string of the molecule is CCC1CC(NC2CCCCC2)CN(CCN)C1. The fraction of sp³-hybridized carbons (Fsp3) is 1.00. The van der Waals surface area contributed by atoms with Crippen LogP contribution in [0.3, 0.4) is 0 Å². The van der Waals surface area contributed by atoms with Crippen LogP contribution in [0.25, 0.3) is 0 Å². The van der Waals surface area contributed by atoms with E-state index in [1.807, 2.05) is 0 Å². The molecule has 2 fully saturated rings. The van der Waals surface area contributed by atoms with Crippen LogP contribution in [0, 0.1) is 5.92 Å². The molecule has 0 amide bonds. The van der Waals surface area contributed by atoms with Crippen molar-refractivity contribution in [3.05, 3.63) is 0 Å². The Kier molecular flexibility index (Phi) is 5.93. The average molecular weight is 253 g/mol. The molecule has 2 unspecified atom stereocenters. The van der Waals surface area contributed by atoms with Gasteiger partial charge in [-0.05, 0) is 25.2 Å². The summed E-state index contributed by atoms with van der Waals surface area (Å²) in [6.45, 7) is 6.67. The zero-order valence-electron chi connectivity index (χ0n) is 12.0. The largest absolute Gasteiger partial charge is 0.329 e. The van der Waals surface area contributed by atoms with Crippen molar-refractivity contribution in [1.29, 1.82) is 0 Å². The normalized spacial score (nSPS) is 31.7. The van der Waals surface area contributed by atoms with Gasteiger partial charge in [-0.2, -0.15) is 0 Å². The van der Waals surface area contributed by atoms with E-state index in [1.165, 1.54) is 58.0 Å². The van der Waals surface area contributed by atoms with Crippen LogP contribution in [0.1, 0.15) is 51.9 Å². The minimum Gasteiger partial charge on any atom is -0.329 e. The molecule has 0 aromatic heterocycles. The van der Waals surface area contributed by atoms with Crippen LogP contribution in [-0.2, 0) is 0 Å². The van der Waals surface area contributed by atoms with E-state index in [1.54, 1.807) is 0 Å². The lowest BCUT2D eigenvalue weighted by Crippen LogP contribution is -2.53. The average Bonchev–Trinajstić information content (AvgIpc) is 2.40. The van der Waals surface area contributed by atoms with Crippen molar-refractivity contribution in [2.75, 3.05) is 26.2 Å². The third kappa shape index (κ3) is 4.22. The second-order valence-corrected chi connectivity index (χ2v) is 6.26. The second kappa shape index (κ2) is 7.46. The maximum absolute atomic E-state index is 5.71. The van der Waals surface area contributed by atoms with Crippen LogP contribution >= 0.6 is 0 Å². The fourth-order valence-corrected chi connectivity index (χ4v) is 3.69. The van der Waals surface area contributed by atoms with Gasteiger partial charge in [0.25, 0.3) is 0 Å². The van der Waals surface area contributed by atoms with Crippen LogP contribution in [0.2, 0.25) is 0 Å². The van der Waals surface area contributed by atoms with E-state index >= 15 is 0 Å². The summed E-state index contributed by atoms with van der Waals surface area (Å²) in [5.74, 6) is 0.867. The summed E-state index contributed by atoms with van der Waals surface area (Å²) in [5.41, 5.74) is 5.71. The lowest BCUT2D eigenvalue weighted by Gasteiger charge is -2.40. The Morgan fingerprint density at radius 2 is 1.89 bits per heavy atom. The number of piperidine rings is 1. The van der Waals surface area contributed by atoms with Crippen LogP contribution < -0.4 is 11.1 Å². The first-order valence-electron chi connectivity index (χ1n) is 8.00. The van der Waals surface area contributed by atoms with Crippen LogP contribution in [0.5, 0.6) is 0 Å². The Labute approximate surface area is 112 Å². The first-order valence-corrected chi connectivity index (χ1v) is 8.00. The maximum Gasteiger partial charge on any atom is 0.0200 e. The van der Waals surface area contributed by atoms with Crippen molar-refractivity contribution in [2.45, 2.75) is 64.0 Å². The summed E-state index contributed by atoms with van der Waals surface area (Å²) in [6.07, 6.45) is 9.76. The van der Waals surface area contributed by atoms with Crippen molar-refractivity contribution < 1.29 is 0 Å². The summed E-state index contributed by atoms with van der Waals surface area (Å²) in [5, 5.41) is 3.93. The molecule has 3 nitrogen and oxygen atoms in total. The molecule has 1 aliphatic carbocycles. The second-order valence-electron chi connectivity index (χ2n) is 6.26. The van der Waals surface area contributed by atoms with Gasteiger partial charge in [0.15, 0.2) is 0 Å². The molecule has 0 aromatic carbocycles. The zero-order valence-corrected chi connectivity index (χ0v) is 12.0. The lowest BCUT2D eigenvalue weighted by molar-refractivity contribution is 0.131. The van der Waals surface area contributed by atoms with Crippen molar-refractivity contribution in [1.82, 2.24) is 10.2 Å². The maximum atomic E-state index is 5.71. The first kappa shape index (κ1) is 14.3. The molecule has 106 valence electrons. The molecule has 0 bridgehead atoms. The van der Waals surface area contributed by atoms with E-state index in [4.69, 9.17) is 5.73 Å². The molecular formula is C15H31N3. The molecule has 3 N–H and O–H groups in total. The molecule has 0 radical (unpaired) electrons. The van der Waals surface area contributed by atoms with Crippen LogP contribution in [0.15, 0.2) is 0 Å². The molecule has 1 saturated carbocycles. The molecule has 2 aliphatic rings. The van der Waals surface area contributed by atoms with E-state index < -0.39 is 0 Å². The molecule has 1 heterocycles. The minimum absolute atomic E-state index is 0.707. The van der Waals surface area contributed by atoms with Gasteiger partial charge < -0.3 is 16.0 Å². The molecule has 2 atom stereocenters. The molecule has 3 heteroatoms. The standard InChI is InChI=1S/C15H31N3/c1-2-13-10-15(12-18(11-13)9-8-16)17-14-6-4-3-5-7-14/h13-15,17H,2-12,16H2,1H3. The molecule has 2 rings (SSSR count). The van der Waals surface area contributed by atoms with Gasteiger partial charge in [0, 0.05) is 38.3 Å². The number of hydrogen-bond acceptors (Lipinski definition) is 3. The number of rotatable bonds is 5. The molecule has 0 aromatic rings. The lowest BCUT2D eigenvalue weighted by atomic mass is 9.89. The van der Waals surface area contributed by atoms with Gasteiger partial charge in [-0.15, -0.1) is 0 Å². The number of nitrogens with two attached hydrogens (primary N) is 1. The molecule has 1 aliphatic heterocycles. The summed E-state index contributed by atoms with van der Waals surface area (Å²) < 4.78 is 0. The summed E-state index contributed by atoms with van der Waals surface area (Å²) in [6, 6.07) is 1.50. The third-order valence-electron chi connectivity index (χ3n) is 4.71. The van der Waals surface area contributed by atoms with E-state index in [0.717, 1.165) is 25.0 Å². The van der Waals surface area contributed by atoms with E-state index in [2.05, 4.69) is 17.1 Å². The fourth-order valence-electron chi connectivity index (χ4n) is 3.69. The Hall–Kier alpha value is -0.120. The van der Waals surface area contributed by atoms with Gasteiger partial charge >= 0.3 is 0 Å². The highest BCUT2D eigenvalue weighted by molar-refractivity contribution is 4.86. The smallest absolute Gasteiger partial charge is 0.0200 e. The summed E-state index contributed by atoms with van der Waals surface area (Å²) in [4.78, 5) is 2.57. The Morgan fingerprint density at radius 3 is 2.56 bits per heavy atom. The Morgan fingerprint density at radius 1 is 1.11 bits per heavy atom. The molecule has 18 heavy (non-hydrogen) atoms. The first-order chi connectivity index (χ1) is 8.81. The predicted octanol–water partition coefficient (Wildman–Crippen LogP) is 1.97. The topological polar surface area (TPSA) is 41.3 Å². The number of hydrogen-bond donors (Lipinski definition) is 2. The number of nitrogens with one attached hydrogen (secondary N) is 1. The number of nitrogens with zero attached hydrogens (tertiary/aromatic N) is 1. The quantitative estimate of drug-likeness (QED) is 0.787. The predicted molar refractivity (Wildman–Crippen MR) is 77.7 cm³/mol. The van der Waals surface area contributed by atoms with Gasteiger partial charge in [-0.25, -0.2) is 0 Å². The van der Waals surface area contributed by atoms with Gasteiger partial charge in [0.1, 0.15) is 0 Å². The van der Waals surface area contributed by atoms with Crippen molar-refractivity contribution in [3.8, 4) is 0 Å². The van der Waals surface area contributed by atoms with Gasteiger partial charge in [-0.1, -0.05) is 32.6 Å². The Balaban J connectivity index is 1.81. The van der Waals surface area contributed by atoms with E-state index in [-0.39, 0.29) is 0 Å². The van der Waals surface area contributed by atoms with Gasteiger partial charge in [-0.3, -0.25) is 0 Å². The van der Waals surface area contributed by atoms with Crippen molar-refractivity contribution in [3.63, 3.8) is 0 Å².